The van der Waals surface area contributed by atoms with E-state index >= 15 is 0 Å². The maximum atomic E-state index is 12.2. The molecule has 0 radical (unpaired) electrons. The minimum absolute atomic E-state index is 0.0172. The van der Waals surface area contributed by atoms with Crippen LogP contribution in [0, 0.1) is 11.1 Å². The van der Waals surface area contributed by atoms with Gasteiger partial charge in [0.25, 0.3) is 6.79 Å². The summed E-state index contributed by atoms with van der Waals surface area (Å²) >= 11 is 0. The van der Waals surface area contributed by atoms with E-state index in [0.717, 1.165) is 17.0 Å². The molecule has 9 heteroatoms. The van der Waals surface area contributed by atoms with Crippen LogP contribution >= 0.6 is 0 Å². The van der Waals surface area contributed by atoms with Gasteiger partial charge in [-0.15, -0.1) is 5.01 Å². The molecule has 1 rings (SSSR count). The van der Waals surface area contributed by atoms with Gasteiger partial charge in [0.05, 0.1) is 17.9 Å². The van der Waals surface area contributed by atoms with Gasteiger partial charge in [0.1, 0.15) is 13.2 Å². The molecule has 1 unspecified atom stereocenters. The highest BCUT2D eigenvalue weighted by molar-refractivity contribution is 5.77. The molecule has 156 valence electrons. The average Bonchev–Trinajstić information content (AvgIpc) is 2.64. The fraction of sp³-hybridized carbons (Fsp3) is 0.579. The lowest BCUT2D eigenvalue weighted by Gasteiger charge is -2.15. The molecule has 0 N–H and O–H groups in total. The summed E-state index contributed by atoms with van der Waals surface area (Å²) in [6, 6.07) is 7.93. The average molecular weight is 395 g/mol. The molecular formula is C19H29N3O6. The smallest absolute Gasteiger partial charge is 0.313 e. The zero-order valence-corrected chi connectivity index (χ0v) is 17.1. The highest BCUT2D eigenvalue weighted by Crippen LogP contribution is 2.18. The van der Waals surface area contributed by atoms with Crippen LogP contribution in [-0.2, 0) is 30.3 Å². The van der Waals surface area contributed by atoms with Gasteiger partial charge in [-0.2, -0.15) is 0 Å². The van der Waals surface area contributed by atoms with Crippen LogP contribution < -0.4 is 0 Å². The molecule has 0 aliphatic rings. The summed E-state index contributed by atoms with van der Waals surface area (Å²) in [6.45, 7) is 6.99. The first-order chi connectivity index (χ1) is 13.2. The number of benzene rings is 1. The van der Waals surface area contributed by atoms with Crippen LogP contribution in [0.5, 0.6) is 0 Å². The van der Waals surface area contributed by atoms with Crippen LogP contribution in [-0.4, -0.2) is 48.9 Å². The summed E-state index contributed by atoms with van der Waals surface area (Å²) in [5.41, 5.74) is 2.11. The van der Waals surface area contributed by atoms with Crippen molar-refractivity contribution in [3.05, 3.63) is 40.6 Å². The fourth-order valence-electron chi connectivity index (χ4n) is 2.28. The number of hydrazine groups is 1. The van der Waals surface area contributed by atoms with Gasteiger partial charge in [0, 0.05) is 6.92 Å². The molecule has 0 saturated heterocycles. The van der Waals surface area contributed by atoms with E-state index in [-0.39, 0.29) is 24.1 Å². The quantitative estimate of drug-likeness (QED) is 0.142. The predicted octanol–water partition coefficient (Wildman–Crippen LogP) is 2.79. The maximum absolute atomic E-state index is 12.2. The lowest BCUT2D eigenvalue weighted by molar-refractivity contribution is -0.706. The van der Waals surface area contributed by atoms with E-state index in [1.807, 2.05) is 24.3 Å². The Labute approximate surface area is 165 Å². The molecule has 0 spiro atoms. The van der Waals surface area contributed by atoms with Crippen molar-refractivity contribution >= 4 is 11.9 Å². The molecule has 0 aliphatic heterocycles. The van der Waals surface area contributed by atoms with Crippen molar-refractivity contribution in [2.24, 2.45) is 11.2 Å². The highest BCUT2D eigenvalue weighted by atomic mass is 16.8. The summed E-state index contributed by atoms with van der Waals surface area (Å²) < 4.78 is 9.70. The van der Waals surface area contributed by atoms with E-state index < -0.39 is 18.7 Å². The molecule has 1 aromatic rings. The second-order valence-electron chi connectivity index (χ2n) is 6.83. The Hall–Kier alpha value is -2.84. The molecular weight excluding hydrogens is 366 g/mol. The third-order valence-corrected chi connectivity index (χ3v) is 3.87. The summed E-state index contributed by atoms with van der Waals surface area (Å²) in [5, 5.41) is 15.9. The second kappa shape index (κ2) is 11.8. The zero-order chi connectivity index (χ0) is 21.1. The van der Waals surface area contributed by atoms with Crippen LogP contribution in [0.15, 0.2) is 29.5 Å². The van der Waals surface area contributed by atoms with Crippen LogP contribution in [0.1, 0.15) is 44.7 Å². The number of hydrogen-bond acceptors (Lipinski definition) is 7. The Morgan fingerprint density at radius 1 is 1.18 bits per heavy atom. The Kier molecular flexibility index (Phi) is 9.76. The summed E-state index contributed by atoms with van der Waals surface area (Å²) in [4.78, 5) is 27.5. The van der Waals surface area contributed by atoms with Crippen molar-refractivity contribution in [1.82, 2.24) is 5.01 Å². The molecule has 1 atom stereocenters. The van der Waals surface area contributed by atoms with Crippen LogP contribution in [0.2, 0.25) is 0 Å². The SMILES string of the molecule is CC(=O)OCO/N=[N+](\[O-])N(C)CCOC(=O)C(C)c1ccc(CC(C)C)cc1. The van der Waals surface area contributed by atoms with E-state index in [4.69, 9.17) is 4.74 Å². The van der Waals surface area contributed by atoms with E-state index in [2.05, 4.69) is 28.7 Å². The number of nitrogens with zero attached hydrogens (tertiary/aromatic N) is 3. The minimum Gasteiger partial charge on any atom is -0.569 e. The Balaban J connectivity index is 2.40. The van der Waals surface area contributed by atoms with Gasteiger partial charge in [0.15, 0.2) is 0 Å². The second-order valence-corrected chi connectivity index (χ2v) is 6.83. The summed E-state index contributed by atoms with van der Waals surface area (Å²) in [7, 11) is 1.45. The van der Waals surface area contributed by atoms with Crippen molar-refractivity contribution in [2.75, 3.05) is 27.0 Å². The molecule has 0 aliphatic carbocycles. The van der Waals surface area contributed by atoms with Crippen LogP contribution in [0.4, 0.5) is 0 Å². The van der Waals surface area contributed by atoms with Gasteiger partial charge in [-0.05, 0) is 30.4 Å². The molecule has 0 saturated carbocycles. The van der Waals surface area contributed by atoms with Gasteiger partial charge in [-0.25, -0.2) is 0 Å². The van der Waals surface area contributed by atoms with Gasteiger partial charge < -0.3 is 19.5 Å². The summed E-state index contributed by atoms with van der Waals surface area (Å²) in [6.07, 6.45) is 0.993. The van der Waals surface area contributed by atoms with E-state index in [1.165, 1.54) is 19.5 Å². The van der Waals surface area contributed by atoms with Crippen molar-refractivity contribution in [3.63, 3.8) is 0 Å². The molecule has 0 heterocycles. The molecule has 0 fully saturated rings. The fourth-order valence-corrected chi connectivity index (χ4v) is 2.28. The molecule has 0 amide bonds. The largest absolute Gasteiger partial charge is 0.569 e. The van der Waals surface area contributed by atoms with E-state index in [0.29, 0.717) is 5.92 Å². The topological polar surface area (TPSA) is 104 Å². The van der Waals surface area contributed by atoms with Crippen LogP contribution in [0.25, 0.3) is 0 Å². The lowest BCUT2D eigenvalue weighted by Crippen LogP contribution is -2.31. The monoisotopic (exact) mass is 395 g/mol. The lowest BCUT2D eigenvalue weighted by atomic mass is 9.97. The number of rotatable bonds is 11. The normalized spacial score (nSPS) is 12.4. The number of esters is 2. The van der Waals surface area contributed by atoms with Crippen molar-refractivity contribution in [3.8, 4) is 0 Å². The standard InChI is InChI=1S/C19H29N3O6/c1-14(2)12-17-6-8-18(9-7-17)15(3)19(24)26-11-10-21(5)22(25)20-28-13-27-16(4)23/h6-9,14-15H,10-13H2,1-5H3/b22-20-. The van der Waals surface area contributed by atoms with Gasteiger partial charge in [-0.1, -0.05) is 38.1 Å². The first-order valence-corrected chi connectivity index (χ1v) is 9.10. The number of likely N-dealkylation sites (N-methyl/N-ethyl adjacent to an activating group) is 1. The first-order valence-electron chi connectivity index (χ1n) is 9.10. The van der Waals surface area contributed by atoms with Crippen molar-refractivity contribution in [1.29, 1.82) is 0 Å². The van der Waals surface area contributed by atoms with E-state index in [1.54, 1.807) is 6.92 Å². The third-order valence-electron chi connectivity index (χ3n) is 3.87. The van der Waals surface area contributed by atoms with Gasteiger partial charge >= 0.3 is 11.9 Å². The first kappa shape index (κ1) is 23.2. The van der Waals surface area contributed by atoms with Gasteiger partial charge in [-0.3, -0.25) is 9.59 Å². The molecule has 1 aromatic carbocycles. The number of carbonyl (C=O) groups excluding carboxylic acids is 2. The summed E-state index contributed by atoms with van der Waals surface area (Å²) in [5.74, 6) is -0.745. The number of ether oxygens (including phenoxy) is 2. The third kappa shape index (κ3) is 8.70. The predicted molar refractivity (Wildman–Crippen MR) is 101 cm³/mol. The molecule has 9 nitrogen and oxygen atoms in total. The minimum atomic E-state index is -0.545. The number of carbonyl (C=O) groups is 2. The Morgan fingerprint density at radius 3 is 2.39 bits per heavy atom. The van der Waals surface area contributed by atoms with E-state index in [9.17, 15) is 14.8 Å². The van der Waals surface area contributed by atoms with Gasteiger partial charge in [0.2, 0.25) is 5.28 Å². The van der Waals surface area contributed by atoms with Crippen molar-refractivity contribution < 1.29 is 28.9 Å². The zero-order valence-electron chi connectivity index (χ0n) is 17.1. The maximum Gasteiger partial charge on any atom is 0.313 e. The molecule has 0 bridgehead atoms. The Morgan fingerprint density at radius 2 is 1.82 bits per heavy atom. The van der Waals surface area contributed by atoms with Crippen molar-refractivity contribution in [2.45, 2.75) is 40.0 Å². The molecule has 0 aromatic heterocycles. The highest BCUT2D eigenvalue weighted by Gasteiger charge is 2.18. The van der Waals surface area contributed by atoms with Crippen LogP contribution in [0.3, 0.4) is 0 Å². The number of hydrogen-bond donors (Lipinski definition) is 0. The molecule has 28 heavy (non-hydrogen) atoms. The Bertz CT molecular complexity index is 660.